The van der Waals surface area contributed by atoms with Crippen LogP contribution in [0.25, 0.3) is 10.1 Å². The molecule has 0 spiro atoms. The highest BCUT2D eigenvalue weighted by atomic mass is 32.1. The number of hydrogen-bond donors (Lipinski definition) is 3. The number of phenolic OH excluding ortho intramolecular Hbond substituents is 1. The Bertz CT molecular complexity index is 438. The van der Waals surface area contributed by atoms with Crippen LogP contribution in [0.3, 0.4) is 0 Å². The number of hydrogen-bond acceptors (Lipinski definition) is 4. The van der Waals surface area contributed by atoms with Crippen LogP contribution in [0.5, 0.6) is 5.75 Å². The first-order valence-electron chi connectivity index (χ1n) is 3.76. The van der Waals surface area contributed by atoms with Gasteiger partial charge in [0.15, 0.2) is 0 Å². The lowest BCUT2D eigenvalue weighted by Gasteiger charge is -1.90. The van der Waals surface area contributed by atoms with Crippen LogP contribution in [0.4, 0.5) is 0 Å². The van der Waals surface area contributed by atoms with E-state index in [1.54, 1.807) is 18.2 Å². The molecule has 0 fully saturated rings. The molecular formula is C8H7BO3S. The molecular weight excluding hydrogens is 187 g/mol. The summed E-state index contributed by atoms with van der Waals surface area (Å²) in [4.78, 5) is 0. The van der Waals surface area contributed by atoms with E-state index in [2.05, 4.69) is 0 Å². The molecule has 13 heavy (non-hydrogen) atoms. The third kappa shape index (κ3) is 1.41. The van der Waals surface area contributed by atoms with E-state index >= 15 is 0 Å². The van der Waals surface area contributed by atoms with Crippen LogP contribution in [-0.4, -0.2) is 22.3 Å². The van der Waals surface area contributed by atoms with Gasteiger partial charge in [0.25, 0.3) is 0 Å². The molecule has 1 aromatic heterocycles. The minimum atomic E-state index is -1.46. The molecule has 0 aliphatic carbocycles. The van der Waals surface area contributed by atoms with E-state index in [1.165, 1.54) is 11.3 Å². The van der Waals surface area contributed by atoms with Gasteiger partial charge < -0.3 is 15.2 Å². The van der Waals surface area contributed by atoms with Gasteiger partial charge in [-0.25, -0.2) is 0 Å². The van der Waals surface area contributed by atoms with Crippen molar-refractivity contribution in [1.29, 1.82) is 0 Å². The lowest BCUT2D eigenvalue weighted by Crippen LogP contribution is -2.26. The molecule has 0 bridgehead atoms. The molecule has 1 heterocycles. The largest absolute Gasteiger partial charge is 0.507 e. The third-order valence-corrected chi connectivity index (χ3v) is 2.95. The van der Waals surface area contributed by atoms with E-state index in [1.807, 2.05) is 6.07 Å². The van der Waals surface area contributed by atoms with Crippen LogP contribution in [-0.2, 0) is 0 Å². The first-order chi connectivity index (χ1) is 6.18. The zero-order valence-electron chi connectivity index (χ0n) is 6.64. The summed E-state index contributed by atoms with van der Waals surface area (Å²) >= 11 is 1.26. The van der Waals surface area contributed by atoms with Gasteiger partial charge in [-0.1, -0.05) is 6.07 Å². The van der Waals surface area contributed by atoms with Crippen LogP contribution >= 0.6 is 11.3 Å². The maximum atomic E-state index is 9.41. The fraction of sp³-hybridized carbons (Fsp3) is 0. The van der Waals surface area contributed by atoms with Crippen molar-refractivity contribution in [2.75, 3.05) is 0 Å². The van der Waals surface area contributed by atoms with Gasteiger partial charge in [-0.2, -0.15) is 0 Å². The maximum Gasteiger partial charge on any atom is 0.499 e. The number of benzene rings is 1. The van der Waals surface area contributed by atoms with Gasteiger partial charge in [0.05, 0.1) is 0 Å². The quantitative estimate of drug-likeness (QED) is 0.571. The number of fused-ring (bicyclic) bond motifs is 1. The Hall–Kier alpha value is -1.04. The molecule has 0 atom stereocenters. The summed E-state index contributed by atoms with van der Waals surface area (Å²) in [5.41, 5.74) is 0. The van der Waals surface area contributed by atoms with Crippen molar-refractivity contribution >= 4 is 33.3 Å². The molecule has 0 aliphatic rings. The summed E-state index contributed by atoms with van der Waals surface area (Å²) in [7, 11) is -1.46. The number of thiophene rings is 1. The first-order valence-corrected chi connectivity index (χ1v) is 4.57. The van der Waals surface area contributed by atoms with Gasteiger partial charge in [-0.15, -0.1) is 11.3 Å². The zero-order chi connectivity index (χ0) is 9.42. The smallest absolute Gasteiger partial charge is 0.499 e. The second kappa shape index (κ2) is 3.03. The number of phenols is 1. The van der Waals surface area contributed by atoms with Gasteiger partial charge in [0, 0.05) is 14.9 Å². The zero-order valence-corrected chi connectivity index (χ0v) is 7.45. The summed E-state index contributed by atoms with van der Waals surface area (Å²) in [6, 6.07) is 6.70. The minimum Gasteiger partial charge on any atom is -0.507 e. The van der Waals surface area contributed by atoms with Gasteiger partial charge in [0.2, 0.25) is 0 Å². The standard InChI is InChI=1S/C8H7BO3S/c10-6-2-1-3-7-5(6)4-8(13-7)9(11)12/h1-4,10-12H. The van der Waals surface area contributed by atoms with E-state index < -0.39 is 7.12 Å². The van der Waals surface area contributed by atoms with Crippen LogP contribution < -0.4 is 4.78 Å². The molecule has 2 aromatic rings. The highest BCUT2D eigenvalue weighted by Crippen LogP contribution is 2.27. The molecule has 0 saturated carbocycles. The second-order valence-electron chi connectivity index (χ2n) is 2.71. The third-order valence-electron chi connectivity index (χ3n) is 1.81. The van der Waals surface area contributed by atoms with E-state index in [9.17, 15) is 5.11 Å². The Morgan fingerprint density at radius 2 is 2.00 bits per heavy atom. The van der Waals surface area contributed by atoms with Crippen LogP contribution in [0, 0.1) is 0 Å². The van der Waals surface area contributed by atoms with Crippen molar-refractivity contribution in [3.05, 3.63) is 24.3 Å². The Kier molecular flexibility index (Phi) is 1.99. The summed E-state index contributed by atoms with van der Waals surface area (Å²) in [5.74, 6) is 0.167. The fourth-order valence-corrected chi connectivity index (χ4v) is 2.15. The van der Waals surface area contributed by atoms with Gasteiger partial charge >= 0.3 is 7.12 Å². The van der Waals surface area contributed by atoms with E-state index in [-0.39, 0.29) is 5.75 Å². The summed E-state index contributed by atoms with van der Waals surface area (Å²) in [6.07, 6.45) is 0. The van der Waals surface area contributed by atoms with Crippen LogP contribution in [0.15, 0.2) is 24.3 Å². The molecule has 1 aromatic carbocycles. The van der Waals surface area contributed by atoms with Crippen molar-refractivity contribution in [2.24, 2.45) is 0 Å². The summed E-state index contributed by atoms with van der Waals surface area (Å²) in [6.45, 7) is 0. The summed E-state index contributed by atoms with van der Waals surface area (Å²) < 4.78 is 1.29. The predicted octanol–water partition coefficient (Wildman–Crippen LogP) is 0.287. The topological polar surface area (TPSA) is 60.7 Å². The van der Waals surface area contributed by atoms with Gasteiger partial charge in [0.1, 0.15) is 5.75 Å². The normalized spacial score (nSPS) is 10.6. The number of rotatable bonds is 1. The molecule has 0 aliphatic heterocycles. The summed E-state index contributed by atoms with van der Waals surface area (Å²) in [5, 5.41) is 27.9. The average molecular weight is 194 g/mol. The van der Waals surface area contributed by atoms with Gasteiger partial charge in [-0.3, -0.25) is 0 Å². The first kappa shape index (κ1) is 8.56. The van der Waals surface area contributed by atoms with Crippen molar-refractivity contribution in [2.45, 2.75) is 0 Å². The highest BCUT2D eigenvalue weighted by Gasteiger charge is 2.15. The fourth-order valence-electron chi connectivity index (χ4n) is 1.19. The van der Waals surface area contributed by atoms with Gasteiger partial charge in [-0.05, 0) is 18.2 Å². The maximum absolute atomic E-state index is 9.41. The lowest BCUT2D eigenvalue weighted by atomic mass is 9.89. The monoisotopic (exact) mass is 194 g/mol. The van der Waals surface area contributed by atoms with Crippen molar-refractivity contribution in [3.8, 4) is 5.75 Å². The lowest BCUT2D eigenvalue weighted by molar-refractivity contribution is 0.427. The molecule has 5 heteroatoms. The van der Waals surface area contributed by atoms with E-state index in [0.717, 1.165) is 4.70 Å². The Morgan fingerprint density at radius 1 is 1.23 bits per heavy atom. The Morgan fingerprint density at radius 3 is 2.62 bits per heavy atom. The highest BCUT2D eigenvalue weighted by molar-refractivity contribution is 7.27. The van der Waals surface area contributed by atoms with Crippen LogP contribution in [0.2, 0.25) is 0 Å². The van der Waals surface area contributed by atoms with Crippen molar-refractivity contribution in [1.82, 2.24) is 0 Å². The molecule has 3 N–H and O–H groups in total. The molecule has 3 nitrogen and oxygen atoms in total. The molecule has 0 saturated heterocycles. The Balaban J connectivity index is 2.68. The van der Waals surface area contributed by atoms with Crippen LogP contribution in [0.1, 0.15) is 0 Å². The molecule has 0 amide bonds. The average Bonchev–Trinajstić information content (AvgIpc) is 2.49. The second-order valence-corrected chi connectivity index (χ2v) is 3.83. The van der Waals surface area contributed by atoms with E-state index in [0.29, 0.717) is 10.2 Å². The molecule has 66 valence electrons. The van der Waals surface area contributed by atoms with E-state index in [4.69, 9.17) is 10.0 Å². The van der Waals surface area contributed by atoms with Crippen molar-refractivity contribution < 1.29 is 15.2 Å². The molecule has 2 rings (SSSR count). The van der Waals surface area contributed by atoms with Crippen molar-refractivity contribution in [3.63, 3.8) is 0 Å². The minimum absolute atomic E-state index is 0.167. The molecule has 0 unspecified atom stereocenters. The predicted molar refractivity (Wildman–Crippen MR) is 53.3 cm³/mol. The number of aromatic hydroxyl groups is 1. The SMILES string of the molecule is OB(O)c1cc2c(O)cccc2s1. The Labute approximate surface area is 79.0 Å². The molecule has 0 radical (unpaired) electrons.